The van der Waals surface area contributed by atoms with E-state index >= 15 is 0 Å². The molecule has 0 amide bonds. The van der Waals surface area contributed by atoms with Crippen LogP contribution < -0.4 is 15.8 Å². The summed E-state index contributed by atoms with van der Waals surface area (Å²) in [6, 6.07) is 11.0. The Hall–Kier alpha value is -3.61. The molecule has 37 heavy (non-hydrogen) atoms. The van der Waals surface area contributed by atoms with E-state index in [0.29, 0.717) is 30.8 Å². The van der Waals surface area contributed by atoms with Crippen LogP contribution >= 0.6 is 11.3 Å². The van der Waals surface area contributed by atoms with Gasteiger partial charge in [0.1, 0.15) is 22.3 Å². The number of hydrogen-bond acceptors (Lipinski definition) is 9. The minimum atomic E-state index is -3.61. The first-order chi connectivity index (χ1) is 17.8. The molecule has 0 unspecified atom stereocenters. The summed E-state index contributed by atoms with van der Waals surface area (Å²) in [5.74, 6) is -0.754. The molecule has 2 aromatic heterocycles. The van der Waals surface area contributed by atoms with E-state index in [1.165, 1.54) is 41.1 Å². The molecule has 1 saturated heterocycles. The Balaban J connectivity index is 1.26. The Morgan fingerprint density at radius 1 is 1.19 bits per heavy atom. The highest BCUT2D eigenvalue weighted by molar-refractivity contribution is 7.89. The zero-order chi connectivity index (χ0) is 26.2. The van der Waals surface area contributed by atoms with Crippen molar-refractivity contribution in [1.29, 1.82) is 0 Å². The molecule has 0 saturated carbocycles. The van der Waals surface area contributed by atoms with Crippen molar-refractivity contribution in [2.45, 2.75) is 23.8 Å². The number of thiophene rings is 1. The minimum Gasteiger partial charge on any atom is -0.496 e. The molecule has 0 atom stereocenters. The molecule has 0 bridgehead atoms. The lowest BCUT2D eigenvalue weighted by atomic mass is 10.0. The van der Waals surface area contributed by atoms with Gasteiger partial charge in [0.05, 0.1) is 18.2 Å². The number of halogens is 1. The highest BCUT2D eigenvalue weighted by Crippen LogP contribution is 2.32. The van der Waals surface area contributed by atoms with Crippen LogP contribution in [0.25, 0.3) is 10.1 Å². The summed E-state index contributed by atoms with van der Waals surface area (Å²) in [6.07, 6.45) is 2.39. The number of nitrogen functional groups attached to an aromatic ring is 1. The minimum absolute atomic E-state index is 0.0190. The van der Waals surface area contributed by atoms with Gasteiger partial charge in [-0.1, -0.05) is 18.2 Å². The van der Waals surface area contributed by atoms with Gasteiger partial charge in [0.2, 0.25) is 21.8 Å². The summed E-state index contributed by atoms with van der Waals surface area (Å²) in [4.78, 5) is 21.7. The van der Waals surface area contributed by atoms with Crippen LogP contribution in [0, 0.1) is 5.82 Å². The number of methoxy groups -OCH3 is 1. The number of ether oxygens (including phenoxy) is 1. The first-order valence-corrected chi connectivity index (χ1v) is 13.8. The largest absolute Gasteiger partial charge is 0.496 e. The second-order valence-electron chi connectivity index (χ2n) is 8.59. The van der Waals surface area contributed by atoms with Crippen molar-refractivity contribution in [3.05, 3.63) is 71.0 Å². The first kappa shape index (κ1) is 25.1. The van der Waals surface area contributed by atoms with Crippen molar-refractivity contribution in [3.8, 4) is 5.75 Å². The second-order valence-corrected chi connectivity index (χ2v) is 11.4. The number of ketones is 1. The van der Waals surface area contributed by atoms with Crippen LogP contribution in [0.3, 0.4) is 0 Å². The molecule has 1 aliphatic rings. The molecule has 192 valence electrons. The highest BCUT2D eigenvalue weighted by atomic mass is 32.2. The number of benzene rings is 2. The predicted octanol–water partition coefficient (Wildman–Crippen LogP) is 3.92. The zero-order valence-electron chi connectivity index (χ0n) is 19.8. The summed E-state index contributed by atoms with van der Waals surface area (Å²) in [5.41, 5.74) is 6.09. The number of carbonyl (C=O) groups is 1. The molecule has 1 aliphatic heterocycles. The molecular formula is C25H24FN5O4S2. The third-order valence-electron chi connectivity index (χ3n) is 6.32. The molecule has 9 nitrogen and oxygen atoms in total. The van der Waals surface area contributed by atoms with Gasteiger partial charge in [0.15, 0.2) is 0 Å². The number of fused-ring (bicyclic) bond motifs is 1. The van der Waals surface area contributed by atoms with E-state index < -0.39 is 21.6 Å². The Bertz CT molecular complexity index is 1580. The maximum Gasteiger partial charge on any atom is 0.244 e. The van der Waals surface area contributed by atoms with Crippen molar-refractivity contribution < 1.29 is 22.3 Å². The van der Waals surface area contributed by atoms with Gasteiger partial charge in [-0.3, -0.25) is 4.79 Å². The molecule has 0 radical (unpaired) electrons. The SMILES string of the molecule is COc1ccc(F)cc1C(=O)c1cnc(NC2CCN(S(=O)(=O)c3csc4ccccc34)CC2)nc1N. The van der Waals surface area contributed by atoms with E-state index in [1.54, 1.807) is 5.38 Å². The maximum absolute atomic E-state index is 13.7. The van der Waals surface area contributed by atoms with E-state index in [4.69, 9.17) is 10.5 Å². The third kappa shape index (κ3) is 4.87. The van der Waals surface area contributed by atoms with Gasteiger partial charge in [0, 0.05) is 40.8 Å². The molecule has 0 aliphatic carbocycles. The molecule has 3 heterocycles. The lowest BCUT2D eigenvalue weighted by molar-refractivity contribution is 0.103. The van der Waals surface area contributed by atoms with E-state index in [-0.39, 0.29) is 34.7 Å². The fourth-order valence-electron chi connectivity index (χ4n) is 4.36. The Morgan fingerprint density at radius 3 is 2.68 bits per heavy atom. The van der Waals surface area contributed by atoms with Crippen molar-refractivity contribution in [1.82, 2.24) is 14.3 Å². The van der Waals surface area contributed by atoms with Crippen LogP contribution in [0.2, 0.25) is 0 Å². The van der Waals surface area contributed by atoms with E-state index in [2.05, 4.69) is 15.3 Å². The second kappa shape index (κ2) is 10.0. The zero-order valence-corrected chi connectivity index (χ0v) is 21.5. The van der Waals surface area contributed by atoms with Gasteiger partial charge < -0.3 is 15.8 Å². The standard InChI is InChI=1S/C25H24FN5O4S2/c1-35-20-7-6-15(26)12-18(20)23(32)19-13-28-25(30-24(19)27)29-16-8-10-31(11-9-16)37(33,34)22-14-36-21-5-3-2-4-17(21)22/h2-7,12-14,16H,8-11H2,1H3,(H3,27,28,29,30). The summed E-state index contributed by atoms with van der Waals surface area (Å²) in [7, 11) is -2.22. The molecule has 2 aromatic carbocycles. The molecule has 5 rings (SSSR count). The van der Waals surface area contributed by atoms with Gasteiger partial charge in [-0.15, -0.1) is 11.3 Å². The number of carbonyl (C=O) groups excluding carboxylic acids is 1. The van der Waals surface area contributed by atoms with Crippen LogP contribution in [-0.4, -0.2) is 54.7 Å². The first-order valence-electron chi connectivity index (χ1n) is 11.5. The number of sulfonamides is 1. The summed E-state index contributed by atoms with van der Waals surface area (Å²) in [6.45, 7) is 0.686. The number of nitrogens with two attached hydrogens (primary N) is 1. The van der Waals surface area contributed by atoms with Crippen molar-refractivity contribution in [2.75, 3.05) is 31.2 Å². The van der Waals surface area contributed by atoms with Crippen LogP contribution in [-0.2, 0) is 10.0 Å². The molecule has 1 fully saturated rings. The smallest absolute Gasteiger partial charge is 0.244 e. The summed E-state index contributed by atoms with van der Waals surface area (Å²) >= 11 is 1.42. The van der Waals surface area contributed by atoms with Crippen LogP contribution in [0.15, 0.2) is 58.9 Å². The van der Waals surface area contributed by atoms with Gasteiger partial charge in [-0.2, -0.15) is 9.29 Å². The topological polar surface area (TPSA) is 128 Å². The number of nitrogens with one attached hydrogen (secondary N) is 1. The van der Waals surface area contributed by atoms with Gasteiger partial charge >= 0.3 is 0 Å². The van der Waals surface area contributed by atoms with Gasteiger partial charge in [-0.25, -0.2) is 17.8 Å². The maximum atomic E-state index is 13.7. The van der Waals surface area contributed by atoms with Crippen LogP contribution in [0.5, 0.6) is 5.75 Å². The molecule has 3 N–H and O–H groups in total. The Morgan fingerprint density at radius 2 is 1.95 bits per heavy atom. The number of anilines is 2. The van der Waals surface area contributed by atoms with E-state index in [9.17, 15) is 17.6 Å². The van der Waals surface area contributed by atoms with Crippen LogP contribution in [0.4, 0.5) is 16.2 Å². The average Bonchev–Trinajstić information content (AvgIpc) is 3.34. The number of nitrogens with zero attached hydrogens (tertiary/aromatic N) is 3. The quantitative estimate of drug-likeness (QED) is 0.337. The lowest BCUT2D eigenvalue weighted by Crippen LogP contribution is -2.42. The Kier molecular flexibility index (Phi) is 6.80. The molecule has 4 aromatic rings. The molecule has 12 heteroatoms. The number of aromatic nitrogens is 2. The summed E-state index contributed by atoms with van der Waals surface area (Å²) in [5, 5.41) is 5.61. The van der Waals surface area contributed by atoms with Crippen molar-refractivity contribution in [2.24, 2.45) is 0 Å². The fourth-order valence-corrected chi connectivity index (χ4v) is 7.30. The number of hydrogen-bond donors (Lipinski definition) is 2. The van der Waals surface area contributed by atoms with E-state index in [1.807, 2.05) is 24.3 Å². The number of rotatable bonds is 7. The van der Waals surface area contributed by atoms with E-state index in [0.717, 1.165) is 16.2 Å². The van der Waals surface area contributed by atoms with Crippen LogP contribution in [0.1, 0.15) is 28.8 Å². The fraction of sp³-hybridized carbons (Fsp3) is 0.240. The number of piperidine rings is 1. The average molecular weight is 542 g/mol. The Labute approximate surface area is 217 Å². The lowest BCUT2D eigenvalue weighted by Gasteiger charge is -2.31. The normalized spacial score (nSPS) is 15.1. The predicted molar refractivity (Wildman–Crippen MR) is 140 cm³/mol. The van der Waals surface area contributed by atoms with Crippen molar-refractivity contribution in [3.63, 3.8) is 0 Å². The molecular weight excluding hydrogens is 517 g/mol. The van der Waals surface area contributed by atoms with Gasteiger partial charge in [-0.05, 0) is 37.1 Å². The van der Waals surface area contributed by atoms with Crippen molar-refractivity contribution >= 4 is 49.0 Å². The highest BCUT2D eigenvalue weighted by Gasteiger charge is 2.31. The van der Waals surface area contributed by atoms with Gasteiger partial charge in [0.25, 0.3) is 0 Å². The third-order valence-corrected chi connectivity index (χ3v) is 9.37. The monoisotopic (exact) mass is 541 g/mol. The molecule has 0 spiro atoms. The summed E-state index contributed by atoms with van der Waals surface area (Å²) < 4.78 is 47.8.